The third kappa shape index (κ3) is 1.46. The van der Waals surface area contributed by atoms with Crippen LogP contribution < -0.4 is 10.5 Å². The molecule has 6 heteroatoms. The Morgan fingerprint density at radius 1 is 1.29 bits per heavy atom. The molecular weight excluding hydrogens is 198 g/mol. The Labute approximate surface area is 87.0 Å². The highest BCUT2D eigenvalue weighted by Gasteiger charge is 2.21. The standard InChI is InChI=1S/C8H13N5S/c1-5-6(2)14-8(9-5)13-11-7(3)10-12(13)4/h1-4H3,(H,10,11). The van der Waals surface area contributed by atoms with E-state index in [-0.39, 0.29) is 0 Å². The molecule has 2 rings (SSSR count). The minimum absolute atomic E-state index is 0.873. The van der Waals surface area contributed by atoms with Crippen LogP contribution in [0.2, 0.25) is 0 Å². The van der Waals surface area contributed by atoms with Crippen molar-refractivity contribution in [3.05, 3.63) is 10.6 Å². The first-order valence-electron chi connectivity index (χ1n) is 4.37. The second kappa shape index (κ2) is 3.21. The van der Waals surface area contributed by atoms with Gasteiger partial charge in [0.25, 0.3) is 0 Å². The van der Waals surface area contributed by atoms with E-state index in [2.05, 4.69) is 22.4 Å². The monoisotopic (exact) mass is 211 g/mol. The molecule has 1 N–H and O–H groups in total. The molecule has 14 heavy (non-hydrogen) atoms. The van der Waals surface area contributed by atoms with Crippen LogP contribution in [-0.2, 0) is 0 Å². The van der Waals surface area contributed by atoms with E-state index in [1.54, 1.807) is 16.5 Å². The first kappa shape index (κ1) is 9.42. The first-order valence-corrected chi connectivity index (χ1v) is 5.19. The molecule has 1 aliphatic heterocycles. The SMILES string of the molecule is CC1=NN(c2nc(C)c(C)s2)N(C)N1. The number of hydrazine groups is 2. The zero-order chi connectivity index (χ0) is 10.3. The van der Waals surface area contributed by atoms with Crippen molar-refractivity contribution in [2.45, 2.75) is 20.8 Å². The van der Waals surface area contributed by atoms with Crippen molar-refractivity contribution in [1.29, 1.82) is 0 Å². The van der Waals surface area contributed by atoms with Crippen LogP contribution in [0.5, 0.6) is 0 Å². The van der Waals surface area contributed by atoms with E-state index in [0.717, 1.165) is 16.7 Å². The van der Waals surface area contributed by atoms with E-state index >= 15 is 0 Å². The molecule has 0 radical (unpaired) electrons. The molecule has 1 aliphatic rings. The lowest BCUT2D eigenvalue weighted by molar-refractivity contribution is 0.295. The van der Waals surface area contributed by atoms with Crippen LogP contribution in [0.3, 0.4) is 0 Å². The summed E-state index contributed by atoms with van der Waals surface area (Å²) in [5, 5.41) is 8.78. The van der Waals surface area contributed by atoms with E-state index in [9.17, 15) is 0 Å². The van der Waals surface area contributed by atoms with Crippen molar-refractivity contribution < 1.29 is 0 Å². The highest BCUT2D eigenvalue weighted by atomic mass is 32.1. The molecule has 0 aromatic carbocycles. The third-order valence-corrected chi connectivity index (χ3v) is 3.08. The van der Waals surface area contributed by atoms with E-state index in [1.165, 1.54) is 4.88 Å². The summed E-state index contributed by atoms with van der Waals surface area (Å²) in [7, 11) is 1.91. The quantitative estimate of drug-likeness (QED) is 0.759. The maximum Gasteiger partial charge on any atom is 0.224 e. The largest absolute Gasteiger partial charge is 0.286 e. The van der Waals surface area contributed by atoms with Gasteiger partial charge < -0.3 is 0 Å². The van der Waals surface area contributed by atoms with Crippen molar-refractivity contribution in [3.8, 4) is 0 Å². The van der Waals surface area contributed by atoms with Gasteiger partial charge in [-0.25, -0.2) is 4.98 Å². The predicted octanol–water partition coefficient (Wildman–Crippen LogP) is 1.26. The van der Waals surface area contributed by atoms with Crippen LogP contribution >= 0.6 is 11.3 Å². The van der Waals surface area contributed by atoms with E-state index in [1.807, 2.05) is 26.0 Å². The van der Waals surface area contributed by atoms with E-state index < -0.39 is 0 Å². The second-order valence-electron chi connectivity index (χ2n) is 3.25. The number of aromatic nitrogens is 1. The Bertz CT molecular complexity index is 364. The summed E-state index contributed by atoms with van der Waals surface area (Å²) in [5.74, 6) is 0.873. The van der Waals surface area contributed by atoms with Gasteiger partial charge in [-0.15, -0.1) is 15.3 Å². The number of thiazole rings is 1. The van der Waals surface area contributed by atoms with Crippen molar-refractivity contribution in [2.75, 3.05) is 12.2 Å². The Morgan fingerprint density at radius 3 is 2.43 bits per heavy atom. The van der Waals surface area contributed by atoms with Gasteiger partial charge in [0, 0.05) is 11.9 Å². The van der Waals surface area contributed by atoms with E-state index in [4.69, 9.17) is 0 Å². The minimum Gasteiger partial charge on any atom is -0.286 e. The zero-order valence-corrected chi connectivity index (χ0v) is 9.51. The molecule has 5 nitrogen and oxygen atoms in total. The highest BCUT2D eigenvalue weighted by Crippen LogP contribution is 2.26. The fraction of sp³-hybridized carbons (Fsp3) is 0.500. The average Bonchev–Trinajstić information content (AvgIpc) is 2.57. The fourth-order valence-electron chi connectivity index (χ4n) is 1.23. The lowest BCUT2D eigenvalue weighted by atomic mass is 10.4. The van der Waals surface area contributed by atoms with Crippen molar-refractivity contribution >= 4 is 22.3 Å². The molecule has 0 atom stereocenters. The molecule has 0 fully saturated rings. The molecule has 2 heterocycles. The number of rotatable bonds is 1. The summed E-state index contributed by atoms with van der Waals surface area (Å²) < 4.78 is 0. The summed E-state index contributed by atoms with van der Waals surface area (Å²) in [6.45, 7) is 6.00. The summed E-state index contributed by atoms with van der Waals surface area (Å²) in [5.41, 5.74) is 4.14. The molecule has 0 unspecified atom stereocenters. The van der Waals surface area contributed by atoms with Gasteiger partial charge in [0.1, 0.15) is 5.84 Å². The molecule has 0 saturated heterocycles. The fourth-order valence-corrected chi connectivity index (χ4v) is 2.12. The van der Waals surface area contributed by atoms with Crippen LogP contribution in [0.25, 0.3) is 0 Å². The summed E-state index contributed by atoms with van der Waals surface area (Å²) in [6.07, 6.45) is 0. The van der Waals surface area contributed by atoms with E-state index in [0.29, 0.717) is 0 Å². The maximum atomic E-state index is 4.43. The molecular formula is C8H13N5S. The minimum atomic E-state index is 0.873. The lowest BCUT2D eigenvalue weighted by Crippen LogP contribution is -2.40. The van der Waals surface area contributed by atoms with Gasteiger partial charge in [-0.2, -0.15) is 0 Å². The van der Waals surface area contributed by atoms with Gasteiger partial charge in [-0.1, -0.05) is 11.3 Å². The van der Waals surface area contributed by atoms with Gasteiger partial charge in [-0.3, -0.25) is 5.43 Å². The van der Waals surface area contributed by atoms with Crippen LogP contribution in [0, 0.1) is 13.8 Å². The van der Waals surface area contributed by atoms with Gasteiger partial charge in [0.05, 0.1) is 5.69 Å². The third-order valence-electron chi connectivity index (χ3n) is 2.04. The topological polar surface area (TPSA) is 43.8 Å². The molecule has 0 saturated carbocycles. The second-order valence-corrected chi connectivity index (χ2v) is 4.43. The van der Waals surface area contributed by atoms with Gasteiger partial charge in [0.2, 0.25) is 5.13 Å². The van der Waals surface area contributed by atoms with Crippen molar-refractivity contribution in [2.24, 2.45) is 5.10 Å². The number of nitrogens with one attached hydrogen (secondary N) is 1. The van der Waals surface area contributed by atoms with Gasteiger partial charge >= 0.3 is 0 Å². The van der Waals surface area contributed by atoms with Crippen molar-refractivity contribution in [3.63, 3.8) is 0 Å². The van der Waals surface area contributed by atoms with Crippen LogP contribution in [0.15, 0.2) is 5.10 Å². The molecule has 0 spiro atoms. The highest BCUT2D eigenvalue weighted by molar-refractivity contribution is 7.15. The molecule has 1 aromatic rings. The Hall–Kier alpha value is -1.14. The number of aryl methyl sites for hydroxylation is 2. The van der Waals surface area contributed by atoms with Gasteiger partial charge in [0.15, 0.2) is 0 Å². The first-order chi connectivity index (χ1) is 6.58. The Morgan fingerprint density at radius 2 is 2.00 bits per heavy atom. The number of hydrogen-bond donors (Lipinski definition) is 1. The number of anilines is 1. The van der Waals surface area contributed by atoms with Crippen molar-refractivity contribution in [1.82, 2.24) is 15.5 Å². The molecule has 0 amide bonds. The van der Waals surface area contributed by atoms with Crippen LogP contribution in [0.1, 0.15) is 17.5 Å². The number of nitrogens with zero attached hydrogens (tertiary/aromatic N) is 4. The normalized spacial score (nSPS) is 17.1. The molecule has 0 bridgehead atoms. The maximum absolute atomic E-state index is 4.43. The Balaban J connectivity index is 2.31. The van der Waals surface area contributed by atoms with Gasteiger partial charge in [-0.05, 0) is 20.8 Å². The smallest absolute Gasteiger partial charge is 0.224 e. The van der Waals surface area contributed by atoms with Crippen LogP contribution in [-0.4, -0.2) is 23.0 Å². The zero-order valence-electron chi connectivity index (χ0n) is 8.70. The molecule has 1 aromatic heterocycles. The average molecular weight is 211 g/mol. The number of hydrazone groups is 1. The van der Waals surface area contributed by atoms with Crippen LogP contribution in [0.4, 0.5) is 5.13 Å². The lowest BCUT2D eigenvalue weighted by Gasteiger charge is -2.18. The number of amidine groups is 1. The summed E-state index contributed by atoms with van der Waals surface area (Å²) in [6, 6.07) is 0. The summed E-state index contributed by atoms with van der Waals surface area (Å²) >= 11 is 1.64. The number of hydrogen-bond acceptors (Lipinski definition) is 6. The Kier molecular flexibility index (Phi) is 2.16. The summed E-state index contributed by atoms with van der Waals surface area (Å²) in [4.78, 5) is 5.66. The molecule has 0 aliphatic carbocycles. The molecule has 76 valence electrons. The predicted molar refractivity (Wildman–Crippen MR) is 58.1 cm³/mol.